The van der Waals surface area contributed by atoms with Crippen LogP contribution in [0, 0.1) is 17.8 Å². The molecule has 4 nitrogen and oxygen atoms in total. The van der Waals surface area contributed by atoms with Crippen LogP contribution >= 0.6 is 0 Å². The van der Waals surface area contributed by atoms with Gasteiger partial charge in [-0.2, -0.15) is 0 Å². The average molecular weight is 225 g/mol. The maximum Gasteiger partial charge on any atom is 0.309 e. The summed E-state index contributed by atoms with van der Waals surface area (Å²) in [6, 6.07) is 0. The van der Waals surface area contributed by atoms with Crippen LogP contribution in [-0.4, -0.2) is 38.4 Å². The van der Waals surface area contributed by atoms with Gasteiger partial charge in [-0.05, 0) is 37.8 Å². The highest BCUT2D eigenvalue weighted by atomic mass is 16.6. The van der Waals surface area contributed by atoms with Crippen molar-refractivity contribution in [2.24, 2.45) is 17.8 Å². The minimum atomic E-state index is 0.0184. The highest BCUT2D eigenvalue weighted by molar-refractivity contribution is 5.73. The minimum Gasteiger partial charge on any atom is -0.460 e. The van der Waals surface area contributed by atoms with Crippen molar-refractivity contribution in [2.75, 3.05) is 26.3 Å². The van der Waals surface area contributed by atoms with E-state index < -0.39 is 0 Å². The normalized spacial score (nSPS) is 42.2. The zero-order valence-corrected chi connectivity index (χ0v) is 9.48. The Morgan fingerprint density at radius 1 is 1.25 bits per heavy atom. The fraction of sp³-hybridized carbons (Fsp3) is 0.917. The van der Waals surface area contributed by atoms with E-state index in [0.29, 0.717) is 18.4 Å². The fourth-order valence-corrected chi connectivity index (χ4v) is 3.22. The molecule has 3 atom stereocenters. The van der Waals surface area contributed by atoms with E-state index in [1.165, 1.54) is 0 Å². The summed E-state index contributed by atoms with van der Waals surface area (Å²) in [5, 5.41) is 3.38. The lowest BCUT2D eigenvalue weighted by atomic mass is 10.0. The van der Waals surface area contributed by atoms with Gasteiger partial charge in [0.25, 0.3) is 0 Å². The second kappa shape index (κ2) is 4.34. The number of hydrogen-bond donors (Lipinski definition) is 1. The van der Waals surface area contributed by atoms with E-state index in [1.807, 2.05) is 0 Å². The molecule has 0 amide bonds. The predicted octanol–water partition coefficient (Wildman–Crippen LogP) is 0.564. The topological polar surface area (TPSA) is 47.6 Å². The number of esters is 1. The monoisotopic (exact) mass is 225 g/mol. The van der Waals surface area contributed by atoms with Crippen molar-refractivity contribution in [1.29, 1.82) is 0 Å². The van der Waals surface area contributed by atoms with Crippen molar-refractivity contribution in [3.8, 4) is 0 Å². The van der Waals surface area contributed by atoms with E-state index in [1.54, 1.807) is 0 Å². The van der Waals surface area contributed by atoms with Gasteiger partial charge >= 0.3 is 5.97 Å². The van der Waals surface area contributed by atoms with Gasteiger partial charge in [0.05, 0.1) is 19.1 Å². The Hall–Kier alpha value is -0.610. The Kier molecular flexibility index (Phi) is 2.86. The standard InChI is InChI=1S/C12H19NO3/c14-12(16-11-1-2-15-7-11)8-3-9-5-13-6-10(9)4-8/h8-11,13H,1-7H2. The number of hydrogen-bond acceptors (Lipinski definition) is 4. The van der Waals surface area contributed by atoms with Crippen molar-refractivity contribution in [1.82, 2.24) is 5.32 Å². The zero-order chi connectivity index (χ0) is 11.0. The Morgan fingerprint density at radius 2 is 2.00 bits per heavy atom. The van der Waals surface area contributed by atoms with E-state index in [2.05, 4.69) is 5.32 Å². The minimum absolute atomic E-state index is 0.0184. The first-order chi connectivity index (χ1) is 7.83. The summed E-state index contributed by atoms with van der Waals surface area (Å²) in [5.41, 5.74) is 0. The molecule has 3 aliphatic rings. The molecule has 0 spiro atoms. The van der Waals surface area contributed by atoms with Crippen LogP contribution in [0.3, 0.4) is 0 Å². The lowest BCUT2D eigenvalue weighted by Crippen LogP contribution is -2.24. The quantitative estimate of drug-likeness (QED) is 0.698. The summed E-state index contributed by atoms with van der Waals surface area (Å²) >= 11 is 0. The van der Waals surface area contributed by atoms with Crippen LogP contribution in [0.1, 0.15) is 19.3 Å². The number of fused-ring (bicyclic) bond motifs is 1. The van der Waals surface area contributed by atoms with E-state index >= 15 is 0 Å². The van der Waals surface area contributed by atoms with Crippen LogP contribution in [0.2, 0.25) is 0 Å². The van der Waals surface area contributed by atoms with Crippen LogP contribution in [0.5, 0.6) is 0 Å². The van der Waals surface area contributed by atoms with Crippen LogP contribution in [0.15, 0.2) is 0 Å². The Morgan fingerprint density at radius 3 is 2.62 bits per heavy atom. The fourth-order valence-electron chi connectivity index (χ4n) is 3.22. The summed E-state index contributed by atoms with van der Waals surface area (Å²) in [5.74, 6) is 1.58. The van der Waals surface area contributed by atoms with Gasteiger partial charge in [-0.25, -0.2) is 0 Å². The van der Waals surface area contributed by atoms with Crippen LogP contribution < -0.4 is 5.32 Å². The molecule has 90 valence electrons. The first-order valence-electron chi connectivity index (χ1n) is 6.32. The summed E-state index contributed by atoms with van der Waals surface area (Å²) < 4.78 is 10.7. The molecule has 4 heteroatoms. The average Bonchev–Trinajstić information content (AvgIpc) is 2.91. The highest BCUT2D eigenvalue weighted by Gasteiger charge is 2.41. The predicted molar refractivity (Wildman–Crippen MR) is 57.9 cm³/mol. The van der Waals surface area contributed by atoms with Gasteiger partial charge in [-0.1, -0.05) is 0 Å². The third-order valence-corrected chi connectivity index (χ3v) is 4.16. The number of rotatable bonds is 2. The molecular weight excluding hydrogens is 206 g/mol. The lowest BCUT2D eigenvalue weighted by Gasteiger charge is -2.14. The van der Waals surface area contributed by atoms with Crippen LogP contribution in [-0.2, 0) is 14.3 Å². The second-order valence-corrected chi connectivity index (χ2v) is 5.27. The van der Waals surface area contributed by atoms with E-state index in [0.717, 1.165) is 39.0 Å². The maximum atomic E-state index is 11.9. The Labute approximate surface area is 95.7 Å². The number of ether oxygens (including phenoxy) is 2. The maximum absolute atomic E-state index is 11.9. The van der Waals surface area contributed by atoms with E-state index in [9.17, 15) is 4.79 Å². The molecule has 1 N–H and O–H groups in total. The van der Waals surface area contributed by atoms with Gasteiger partial charge in [-0.15, -0.1) is 0 Å². The number of carbonyl (C=O) groups is 1. The molecule has 1 saturated carbocycles. The summed E-state index contributed by atoms with van der Waals surface area (Å²) in [4.78, 5) is 11.9. The molecule has 0 bridgehead atoms. The van der Waals surface area contributed by atoms with Gasteiger partial charge < -0.3 is 14.8 Å². The van der Waals surface area contributed by atoms with Crippen molar-refractivity contribution in [2.45, 2.75) is 25.4 Å². The molecule has 3 unspecified atom stereocenters. The third-order valence-electron chi connectivity index (χ3n) is 4.16. The molecular formula is C12H19NO3. The van der Waals surface area contributed by atoms with E-state index in [4.69, 9.17) is 9.47 Å². The Balaban J connectivity index is 1.51. The lowest BCUT2D eigenvalue weighted by molar-refractivity contribution is -0.154. The van der Waals surface area contributed by atoms with Crippen LogP contribution in [0.25, 0.3) is 0 Å². The van der Waals surface area contributed by atoms with Gasteiger partial charge in [0, 0.05) is 6.42 Å². The molecule has 0 aromatic rings. The second-order valence-electron chi connectivity index (χ2n) is 5.27. The number of nitrogens with one attached hydrogen (secondary N) is 1. The molecule has 0 aromatic heterocycles. The zero-order valence-electron chi connectivity index (χ0n) is 9.48. The van der Waals surface area contributed by atoms with Crippen molar-refractivity contribution in [3.05, 3.63) is 0 Å². The smallest absolute Gasteiger partial charge is 0.309 e. The van der Waals surface area contributed by atoms with Gasteiger partial charge in [0.1, 0.15) is 6.10 Å². The molecule has 3 fully saturated rings. The first kappa shape index (κ1) is 10.5. The molecule has 0 aromatic carbocycles. The molecule has 16 heavy (non-hydrogen) atoms. The SMILES string of the molecule is O=C(OC1CCOC1)C1CC2CNCC2C1. The van der Waals surface area contributed by atoms with Crippen molar-refractivity contribution >= 4 is 5.97 Å². The summed E-state index contributed by atoms with van der Waals surface area (Å²) in [6.07, 6.45) is 2.92. The van der Waals surface area contributed by atoms with E-state index in [-0.39, 0.29) is 18.0 Å². The van der Waals surface area contributed by atoms with Crippen molar-refractivity contribution in [3.63, 3.8) is 0 Å². The van der Waals surface area contributed by atoms with Crippen LogP contribution in [0.4, 0.5) is 0 Å². The summed E-state index contributed by atoms with van der Waals surface area (Å²) in [6.45, 7) is 3.49. The van der Waals surface area contributed by atoms with Gasteiger partial charge in [0.2, 0.25) is 0 Å². The van der Waals surface area contributed by atoms with Gasteiger partial charge in [0.15, 0.2) is 0 Å². The third kappa shape index (κ3) is 1.96. The summed E-state index contributed by atoms with van der Waals surface area (Å²) in [7, 11) is 0. The number of carbonyl (C=O) groups excluding carboxylic acids is 1. The molecule has 3 rings (SSSR count). The van der Waals surface area contributed by atoms with Crippen molar-refractivity contribution < 1.29 is 14.3 Å². The molecule has 2 saturated heterocycles. The first-order valence-corrected chi connectivity index (χ1v) is 6.32. The molecule has 2 aliphatic heterocycles. The Bertz CT molecular complexity index is 263. The molecule has 0 radical (unpaired) electrons. The largest absolute Gasteiger partial charge is 0.460 e. The highest BCUT2D eigenvalue weighted by Crippen LogP contribution is 2.39. The van der Waals surface area contributed by atoms with Gasteiger partial charge in [-0.3, -0.25) is 4.79 Å². The molecule has 2 heterocycles. The molecule has 1 aliphatic carbocycles.